The number of rotatable bonds is 6. The van der Waals surface area contributed by atoms with Gasteiger partial charge in [-0.15, -0.1) is 0 Å². The van der Waals surface area contributed by atoms with Crippen LogP contribution in [0.4, 0.5) is 10.6 Å². The molecule has 1 unspecified atom stereocenters. The van der Waals surface area contributed by atoms with Gasteiger partial charge in [0.2, 0.25) is 5.91 Å². The predicted octanol–water partition coefficient (Wildman–Crippen LogP) is 3.64. The van der Waals surface area contributed by atoms with Gasteiger partial charge < -0.3 is 25.2 Å². The molecule has 1 fully saturated rings. The summed E-state index contributed by atoms with van der Waals surface area (Å²) in [6.07, 6.45) is 3.55. The summed E-state index contributed by atoms with van der Waals surface area (Å²) < 4.78 is 7.15. The van der Waals surface area contributed by atoms with Crippen molar-refractivity contribution in [1.29, 1.82) is 0 Å². The fraction of sp³-hybridized carbons (Fsp3) is 0.516. The van der Waals surface area contributed by atoms with Gasteiger partial charge in [-0.1, -0.05) is 24.3 Å². The second-order valence-corrected chi connectivity index (χ2v) is 12.5. The molecule has 0 bridgehead atoms. The zero-order valence-corrected chi connectivity index (χ0v) is 25.5. The summed E-state index contributed by atoms with van der Waals surface area (Å²) in [7, 11) is 1.76. The average Bonchev–Trinajstić information content (AvgIpc) is 3.63. The van der Waals surface area contributed by atoms with E-state index in [1.54, 1.807) is 16.5 Å². The van der Waals surface area contributed by atoms with E-state index in [2.05, 4.69) is 15.5 Å². The number of aromatic nitrogens is 3. The van der Waals surface area contributed by atoms with Gasteiger partial charge in [-0.05, 0) is 65.0 Å². The van der Waals surface area contributed by atoms with Crippen LogP contribution in [-0.2, 0) is 26.3 Å². The van der Waals surface area contributed by atoms with Gasteiger partial charge in [-0.3, -0.25) is 9.59 Å². The highest BCUT2D eigenvalue weighted by Crippen LogP contribution is 2.39. The second kappa shape index (κ2) is 10.9. The van der Waals surface area contributed by atoms with Gasteiger partial charge in [0.15, 0.2) is 5.65 Å². The van der Waals surface area contributed by atoms with Crippen LogP contribution in [0, 0.1) is 6.92 Å². The lowest BCUT2D eigenvalue weighted by Crippen LogP contribution is -2.55. The number of amides is 3. The van der Waals surface area contributed by atoms with Crippen LogP contribution in [0.15, 0.2) is 36.5 Å². The Morgan fingerprint density at radius 3 is 2.67 bits per heavy atom. The van der Waals surface area contributed by atoms with Crippen molar-refractivity contribution in [3.8, 4) is 0 Å². The van der Waals surface area contributed by atoms with E-state index in [0.29, 0.717) is 24.3 Å². The molecule has 0 saturated carbocycles. The molecule has 11 heteroatoms. The van der Waals surface area contributed by atoms with Crippen LogP contribution in [0.5, 0.6) is 0 Å². The van der Waals surface area contributed by atoms with Crippen molar-refractivity contribution in [3.05, 3.63) is 58.9 Å². The smallest absolute Gasteiger partial charge is 0.407 e. The van der Waals surface area contributed by atoms with Crippen LogP contribution in [0.3, 0.4) is 0 Å². The Labute approximate surface area is 246 Å². The fourth-order valence-corrected chi connectivity index (χ4v) is 6.08. The summed E-state index contributed by atoms with van der Waals surface area (Å²) in [4.78, 5) is 47.3. The van der Waals surface area contributed by atoms with Crippen LogP contribution < -0.4 is 15.5 Å². The van der Waals surface area contributed by atoms with Crippen molar-refractivity contribution in [2.75, 3.05) is 25.0 Å². The number of carbonyl (C=O) groups is 3. The van der Waals surface area contributed by atoms with E-state index < -0.39 is 17.2 Å². The fourth-order valence-electron chi connectivity index (χ4n) is 6.08. The Morgan fingerprint density at radius 2 is 1.95 bits per heavy atom. The molecule has 3 heterocycles. The zero-order chi connectivity index (χ0) is 30.4. The molecule has 3 atom stereocenters. The van der Waals surface area contributed by atoms with Gasteiger partial charge in [-0.2, -0.15) is 5.10 Å². The number of hydrogen-bond acceptors (Lipinski definition) is 7. The number of fused-ring (bicyclic) bond motifs is 2. The molecule has 3 aromatic rings. The van der Waals surface area contributed by atoms with Crippen LogP contribution in [0.1, 0.15) is 75.9 Å². The van der Waals surface area contributed by atoms with Crippen molar-refractivity contribution in [2.45, 2.75) is 84.0 Å². The Morgan fingerprint density at radius 1 is 1.21 bits per heavy atom. The van der Waals surface area contributed by atoms with Crippen molar-refractivity contribution in [2.24, 2.45) is 0 Å². The minimum Gasteiger partial charge on any atom is -0.444 e. The quantitative estimate of drug-likeness (QED) is 0.460. The van der Waals surface area contributed by atoms with Crippen LogP contribution in [0.25, 0.3) is 5.65 Å². The van der Waals surface area contributed by atoms with E-state index in [4.69, 9.17) is 14.8 Å². The average molecular weight is 576 g/mol. The molecule has 3 amide bonds. The highest BCUT2D eigenvalue weighted by atomic mass is 16.6. The Kier molecular flexibility index (Phi) is 7.63. The minimum atomic E-state index is -1.10. The molecule has 1 aromatic carbocycles. The van der Waals surface area contributed by atoms with E-state index in [1.807, 2.05) is 71.1 Å². The Bertz CT molecular complexity index is 1530. The number of anilines is 1. The third-order valence-corrected chi connectivity index (χ3v) is 8.16. The lowest BCUT2D eigenvalue weighted by molar-refractivity contribution is -0.142. The van der Waals surface area contributed by atoms with Crippen LogP contribution in [0.2, 0.25) is 0 Å². The molecule has 1 aliphatic carbocycles. The molecule has 11 nitrogen and oxygen atoms in total. The monoisotopic (exact) mass is 575 g/mol. The maximum absolute atomic E-state index is 14.1. The highest BCUT2D eigenvalue weighted by molar-refractivity contribution is 5.93. The highest BCUT2D eigenvalue weighted by Gasteiger charge is 2.48. The summed E-state index contributed by atoms with van der Waals surface area (Å²) in [6.45, 7) is 12.3. The Balaban J connectivity index is 1.34. The summed E-state index contributed by atoms with van der Waals surface area (Å²) in [5.41, 5.74) is 2.60. The first-order valence-corrected chi connectivity index (χ1v) is 14.5. The van der Waals surface area contributed by atoms with Crippen molar-refractivity contribution in [3.63, 3.8) is 0 Å². The number of hydrogen-bond donors (Lipinski definition) is 2. The predicted molar refractivity (Wildman–Crippen MR) is 159 cm³/mol. The number of nitrogens with one attached hydrogen (secondary N) is 2. The van der Waals surface area contributed by atoms with E-state index in [1.165, 1.54) is 6.92 Å². The number of alkyl carbamates (subject to hydrolysis) is 1. The summed E-state index contributed by atoms with van der Waals surface area (Å²) in [6, 6.07) is 9.31. The van der Waals surface area contributed by atoms with Crippen molar-refractivity contribution in [1.82, 2.24) is 30.1 Å². The van der Waals surface area contributed by atoms with Crippen LogP contribution in [-0.4, -0.2) is 69.2 Å². The standard InChI is InChI=1S/C31H41N7O4/c1-19-17-38-26(33-27(19)37-15-13-23(18-37)32-29(41)42-30(4,5)6)16-25(35-38)20(2)36(7)28(40)31(34-21(3)39)14-12-22-10-8-9-11-24(22)31/h8-11,16-17,20,23H,12-15,18H2,1-7H3,(H,32,41)(H,34,39)/t20-,23-,31?/m0/s1. The molecule has 42 heavy (non-hydrogen) atoms. The molecule has 0 radical (unpaired) electrons. The normalized spacial score (nSPS) is 20.7. The summed E-state index contributed by atoms with van der Waals surface area (Å²) in [5.74, 6) is 0.427. The van der Waals surface area contributed by atoms with E-state index >= 15 is 0 Å². The molecule has 5 rings (SSSR count). The number of benzene rings is 1. The first-order valence-electron chi connectivity index (χ1n) is 14.5. The summed E-state index contributed by atoms with van der Waals surface area (Å²) >= 11 is 0. The van der Waals surface area contributed by atoms with E-state index in [0.717, 1.165) is 41.9 Å². The largest absolute Gasteiger partial charge is 0.444 e. The molecular weight excluding hydrogens is 534 g/mol. The topological polar surface area (TPSA) is 121 Å². The molecule has 0 spiro atoms. The van der Waals surface area contributed by atoms with Crippen LogP contribution >= 0.6 is 0 Å². The first kappa shape index (κ1) is 29.3. The van der Waals surface area contributed by atoms with Gasteiger partial charge in [0.05, 0.1) is 17.8 Å². The van der Waals surface area contributed by atoms with Gasteiger partial charge in [0.1, 0.15) is 17.0 Å². The first-order chi connectivity index (χ1) is 19.8. The third-order valence-electron chi connectivity index (χ3n) is 8.16. The SMILES string of the molecule is CC(=O)NC1(C(=O)N(C)[C@@H](C)c2cc3nc(N4CC[C@H](NC(=O)OC(C)(C)C)C4)c(C)cn3n2)CCc2ccccc21. The molecule has 2 N–H and O–H groups in total. The van der Waals surface area contributed by atoms with Crippen molar-refractivity contribution >= 4 is 29.4 Å². The number of aryl methyl sites for hydroxylation is 2. The second-order valence-electron chi connectivity index (χ2n) is 12.5. The minimum absolute atomic E-state index is 0.0333. The summed E-state index contributed by atoms with van der Waals surface area (Å²) in [5, 5.41) is 10.7. The number of carbonyl (C=O) groups excluding carboxylic acids is 3. The van der Waals surface area contributed by atoms with Gasteiger partial charge >= 0.3 is 6.09 Å². The molecule has 224 valence electrons. The Hall–Kier alpha value is -4.15. The third kappa shape index (κ3) is 5.64. The van der Waals surface area contributed by atoms with E-state index in [9.17, 15) is 14.4 Å². The molecule has 1 saturated heterocycles. The molecule has 1 aliphatic heterocycles. The molecule has 2 aliphatic rings. The maximum Gasteiger partial charge on any atom is 0.407 e. The zero-order valence-electron chi connectivity index (χ0n) is 25.5. The van der Waals surface area contributed by atoms with Gasteiger partial charge in [0.25, 0.3) is 5.91 Å². The number of ether oxygens (including phenoxy) is 1. The van der Waals surface area contributed by atoms with E-state index in [-0.39, 0.29) is 23.9 Å². The maximum atomic E-state index is 14.1. The molecular formula is C31H41N7O4. The lowest BCUT2D eigenvalue weighted by Gasteiger charge is -2.36. The number of nitrogens with zero attached hydrogens (tertiary/aromatic N) is 5. The van der Waals surface area contributed by atoms with Gasteiger partial charge in [-0.25, -0.2) is 14.3 Å². The van der Waals surface area contributed by atoms with Gasteiger partial charge in [0, 0.05) is 44.9 Å². The van der Waals surface area contributed by atoms with Crippen molar-refractivity contribution < 1.29 is 19.1 Å². The number of likely N-dealkylation sites (N-methyl/N-ethyl adjacent to an activating group) is 1. The molecule has 2 aromatic heterocycles. The lowest BCUT2D eigenvalue weighted by atomic mass is 9.89.